The fraction of sp³-hybridized carbons (Fsp3) is 0.300. The highest BCUT2D eigenvalue weighted by atomic mass is 16.8. The summed E-state index contributed by atoms with van der Waals surface area (Å²) in [6.07, 6.45) is -2.36. The van der Waals surface area contributed by atoms with E-state index in [2.05, 4.69) is 0 Å². The van der Waals surface area contributed by atoms with Crippen LogP contribution in [-0.4, -0.2) is 37.7 Å². The molecule has 138 valence electrons. The number of hydrogen-bond donors (Lipinski definition) is 0. The molecule has 2 rings (SSSR count). The Bertz CT molecular complexity index is 624. The zero-order valence-electron chi connectivity index (χ0n) is 14.8. The molecule has 0 spiro atoms. The molecule has 0 aliphatic carbocycles. The van der Waals surface area contributed by atoms with Crippen molar-refractivity contribution in [3.8, 4) is 0 Å². The number of carbonyl (C=O) groups excluding carboxylic acids is 2. The van der Waals surface area contributed by atoms with Gasteiger partial charge in [0.25, 0.3) is 12.6 Å². The minimum absolute atomic E-state index is 0.249. The van der Waals surface area contributed by atoms with E-state index in [4.69, 9.17) is 18.9 Å². The van der Waals surface area contributed by atoms with Crippen molar-refractivity contribution in [2.45, 2.75) is 26.4 Å². The summed E-state index contributed by atoms with van der Waals surface area (Å²) in [4.78, 5) is 24.6. The maximum Gasteiger partial charge on any atom is 0.340 e. The van der Waals surface area contributed by atoms with Crippen molar-refractivity contribution in [1.29, 1.82) is 0 Å². The highest BCUT2D eigenvalue weighted by Crippen LogP contribution is 2.14. The Hall–Kier alpha value is -2.70. The van der Waals surface area contributed by atoms with E-state index in [1.807, 2.05) is 0 Å². The van der Waals surface area contributed by atoms with Gasteiger partial charge < -0.3 is 18.9 Å². The second-order valence-corrected chi connectivity index (χ2v) is 5.19. The summed E-state index contributed by atoms with van der Waals surface area (Å²) in [5.41, 5.74) is 0.726. The largest absolute Gasteiger partial charge is 0.425 e. The first-order valence-electron chi connectivity index (χ1n) is 8.41. The normalized spacial score (nSPS) is 12.8. The van der Waals surface area contributed by atoms with Crippen molar-refractivity contribution in [2.24, 2.45) is 0 Å². The Balaban J connectivity index is 2.11. The zero-order chi connectivity index (χ0) is 18.8. The van der Waals surface area contributed by atoms with E-state index in [0.29, 0.717) is 11.1 Å². The van der Waals surface area contributed by atoms with Gasteiger partial charge in [-0.05, 0) is 38.1 Å². The smallest absolute Gasteiger partial charge is 0.340 e. The van der Waals surface area contributed by atoms with Gasteiger partial charge in [-0.15, -0.1) is 0 Å². The fourth-order valence-corrected chi connectivity index (χ4v) is 2.16. The van der Waals surface area contributed by atoms with Crippen LogP contribution >= 0.6 is 0 Å². The topological polar surface area (TPSA) is 71.1 Å². The van der Waals surface area contributed by atoms with Crippen molar-refractivity contribution in [2.75, 3.05) is 13.2 Å². The molecule has 2 aromatic carbocycles. The van der Waals surface area contributed by atoms with E-state index in [1.165, 1.54) is 0 Å². The van der Waals surface area contributed by atoms with Crippen LogP contribution in [0.25, 0.3) is 0 Å². The summed E-state index contributed by atoms with van der Waals surface area (Å²) in [7, 11) is 0. The minimum Gasteiger partial charge on any atom is -0.425 e. The van der Waals surface area contributed by atoms with Crippen molar-refractivity contribution in [3.63, 3.8) is 0 Å². The molecule has 0 saturated carbocycles. The molecule has 0 aliphatic heterocycles. The molecule has 6 heteroatoms. The second-order valence-electron chi connectivity index (χ2n) is 5.19. The zero-order valence-corrected chi connectivity index (χ0v) is 14.8. The molecule has 0 aromatic heterocycles. The molecule has 0 heterocycles. The van der Waals surface area contributed by atoms with Crippen LogP contribution in [0, 0.1) is 0 Å². The Morgan fingerprint density at radius 1 is 0.692 bits per heavy atom. The van der Waals surface area contributed by atoms with Gasteiger partial charge in [0.1, 0.15) is 0 Å². The third kappa shape index (κ3) is 5.68. The lowest BCUT2D eigenvalue weighted by Gasteiger charge is -2.26. The molecule has 0 bridgehead atoms. The molecule has 0 N–H and O–H groups in total. The second kappa shape index (κ2) is 10.3. The molecule has 26 heavy (non-hydrogen) atoms. The van der Waals surface area contributed by atoms with Crippen LogP contribution < -0.4 is 0 Å². The Labute approximate surface area is 152 Å². The van der Waals surface area contributed by atoms with E-state index in [0.717, 1.165) is 0 Å². The number of benzene rings is 2. The number of ether oxygens (including phenoxy) is 4. The molecule has 0 unspecified atom stereocenters. The molecule has 2 aromatic rings. The van der Waals surface area contributed by atoms with E-state index < -0.39 is 24.5 Å². The Morgan fingerprint density at radius 3 is 1.35 bits per heavy atom. The van der Waals surface area contributed by atoms with Gasteiger partial charge in [-0.25, -0.2) is 9.59 Å². The fourth-order valence-electron chi connectivity index (χ4n) is 2.16. The maximum absolute atomic E-state index is 12.3. The molecule has 6 nitrogen and oxygen atoms in total. The lowest BCUT2D eigenvalue weighted by Crippen LogP contribution is -2.39. The van der Waals surface area contributed by atoms with E-state index in [1.54, 1.807) is 74.5 Å². The lowest BCUT2D eigenvalue weighted by atomic mass is 10.2. The van der Waals surface area contributed by atoms with Crippen LogP contribution in [0.5, 0.6) is 0 Å². The van der Waals surface area contributed by atoms with Gasteiger partial charge in [0, 0.05) is 13.2 Å². The minimum atomic E-state index is -1.18. The predicted molar refractivity (Wildman–Crippen MR) is 94.5 cm³/mol. The monoisotopic (exact) mass is 358 g/mol. The summed E-state index contributed by atoms with van der Waals surface area (Å²) in [5.74, 6) is -1.19. The molecule has 0 saturated heterocycles. The lowest BCUT2D eigenvalue weighted by molar-refractivity contribution is -0.247. The molecule has 2 atom stereocenters. The summed E-state index contributed by atoms with van der Waals surface area (Å²) in [6, 6.07) is 17.0. The summed E-state index contributed by atoms with van der Waals surface area (Å²) in [6.45, 7) is 3.98. The highest BCUT2D eigenvalue weighted by molar-refractivity contribution is 5.90. The van der Waals surface area contributed by atoms with Gasteiger partial charge in [0.05, 0.1) is 11.1 Å². The summed E-state index contributed by atoms with van der Waals surface area (Å²) in [5, 5.41) is 0. The van der Waals surface area contributed by atoms with Crippen molar-refractivity contribution < 1.29 is 28.5 Å². The van der Waals surface area contributed by atoms with E-state index in [9.17, 15) is 9.59 Å². The summed E-state index contributed by atoms with van der Waals surface area (Å²) < 4.78 is 21.6. The van der Waals surface area contributed by atoms with Crippen LogP contribution in [0.1, 0.15) is 34.6 Å². The average Bonchev–Trinajstić information content (AvgIpc) is 2.68. The van der Waals surface area contributed by atoms with Crippen LogP contribution in [0.2, 0.25) is 0 Å². The molecular formula is C20H22O6. The van der Waals surface area contributed by atoms with Crippen LogP contribution in [0.15, 0.2) is 60.7 Å². The SMILES string of the molecule is CCO[C@H](OC(=O)c1ccccc1)[C@@H](OCC)OC(=O)c1ccccc1. The first-order valence-corrected chi connectivity index (χ1v) is 8.41. The van der Waals surface area contributed by atoms with Gasteiger partial charge >= 0.3 is 11.9 Å². The standard InChI is InChI=1S/C20H22O6/c1-3-23-19(25-17(21)15-11-7-5-8-12-15)20(24-4-2)26-18(22)16-13-9-6-10-14-16/h5-14,19-20H,3-4H2,1-2H3/t19-,20+. The maximum atomic E-state index is 12.3. The average molecular weight is 358 g/mol. The van der Waals surface area contributed by atoms with Gasteiger partial charge in [-0.1, -0.05) is 36.4 Å². The van der Waals surface area contributed by atoms with Crippen LogP contribution in [-0.2, 0) is 18.9 Å². The number of hydrogen-bond acceptors (Lipinski definition) is 6. The van der Waals surface area contributed by atoms with E-state index in [-0.39, 0.29) is 13.2 Å². The molecule has 0 fully saturated rings. The van der Waals surface area contributed by atoms with E-state index >= 15 is 0 Å². The van der Waals surface area contributed by atoms with Crippen LogP contribution in [0.3, 0.4) is 0 Å². The number of rotatable bonds is 9. The third-order valence-corrected chi connectivity index (χ3v) is 3.35. The molecule has 0 radical (unpaired) electrons. The predicted octanol–water partition coefficient (Wildman–Crippen LogP) is 3.43. The highest BCUT2D eigenvalue weighted by Gasteiger charge is 2.31. The number of carbonyl (C=O) groups is 2. The van der Waals surface area contributed by atoms with Gasteiger partial charge in [0.2, 0.25) is 0 Å². The van der Waals surface area contributed by atoms with Crippen molar-refractivity contribution in [3.05, 3.63) is 71.8 Å². The Kier molecular flexibility index (Phi) is 7.79. The van der Waals surface area contributed by atoms with Crippen LogP contribution in [0.4, 0.5) is 0 Å². The Morgan fingerprint density at radius 2 is 1.04 bits per heavy atom. The van der Waals surface area contributed by atoms with Gasteiger partial charge in [-0.3, -0.25) is 0 Å². The van der Waals surface area contributed by atoms with Gasteiger partial charge in [-0.2, -0.15) is 0 Å². The molecule has 0 aliphatic rings. The summed E-state index contributed by atoms with van der Waals surface area (Å²) >= 11 is 0. The number of esters is 2. The first-order chi connectivity index (χ1) is 12.7. The van der Waals surface area contributed by atoms with Crippen molar-refractivity contribution >= 4 is 11.9 Å². The first kappa shape index (κ1) is 19.6. The third-order valence-electron chi connectivity index (χ3n) is 3.35. The van der Waals surface area contributed by atoms with Gasteiger partial charge in [0.15, 0.2) is 0 Å². The van der Waals surface area contributed by atoms with Crippen molar-refractivity contribution in [1.82, 2.24) is 0 Å². The molecule has 0 amide bonds. The quantitative estimate of drug-likeness (QED) is 0.505. The molecular weight excluding hydrogens is 336 g/mol.